The van der Waals surface area contributed by atoms with Gasteiger partial charge in [-0.3, -0.25) is 24.2 Å². The lowest BCUT2D eigenvalue weighted by Gasteiger charge is -2.32. The van der Waals surface area contributed by atoms with Crippen LogP contribution in [-0.4, -0.2) is 55.0 Å². The highest BCUT2D eigenvalue weighted by molar-refractivity contribution is 6.05. The fourth-order valence-electron chi connectivity index (χ4n) is 4.16. The Balaban J connectivity index is 1.77. The van der Waals surface area contributed by atoms with Crippen molar-refractivity contribution in [1.82, 2.24) is 4.90 Å². The summed E-state index contributed by atoms with van der Waals surface area (Å²) in [6, 6.07) is 7.39. The molecule has 0 saturated heterocycles. The largest absolute Gasteiger partial charge is 0.409 e. The highest BCUT2D eigenvalue weighted by Crippen LogP contribution is 2.37. The molecule has 0 bridgehead atoms. The average Bonchev–Trinajstić information content (AvgIpc) is 2.86. The highest BCUT2D eigenvalue weighted by Gasteiger charge is 2.49. The summed E-state index contributed by atoms with van der Waals surface area (Å²) >= 11 is 0. The number of nitrogens with zero attached hydrogens (tertiary/aromatic N) is 2. The second kappa shape index (κ2) is 9.84. The second-order valence-corrected chi connectivity index (χ2v) is 8.58. The van der Waals surface area contributed by atoms with Crippen LogP contribution in [0, 0.1) is 20.8 Å². The zero-order valence-corrected chi connectivity index (χ0v) is 19.4. The Kier molecular flexibility index (Phi) is 7.30. The summed E-state index contributed by atoms with van der Waals surface area (Å²) in [5.74, 6) is -2.10. The number of carbonyl (C=O) groups excluding carboxylic acids is 3. The maximum absolute atomic E-state index is 13.8. The van der Waals surface area contributed by atoms with E-state index in [4.69, 9.17) is 0 Å². The summed E-state index contributed by atoms with van der Waals surface area (Å²) in [6.45, 7) is 5.03. The van der Waals surface area contributed by atoms with Gasteiger partial charge in [-0.05, 0) is 51.1 Å². The molecular weight excluding hydrogens is 449 g/mol. The van der Waals surface area contributed by atoms with Gasteiger partial charge in [0.2, 0.25) is 17.7 Å². The van der Waals surface area contributed by atoms with E-state index < -0.39 is 42.9 Å². The van der Waals surface area contributed by atoms with Gasteiger partial charge >= 0.3 is 6.18 Å². The molecule has 0 radical (unpaired) electrons. The number of carbonyl (C=O) groups is 3. The van der Waals surface area contributed by atoms with Gasteiger partial charge in [0.25, 0.3) is 0 Å². The molecule has 0 saturated carbocycles. The number of likely N-dealkylation sites (N-methyl/N-ethyl adjacent to an activating group) is 1. The molecule has 1 aliphatic heterocycles. The topological polar surface area (TPSA) is 81.8 Å². The monoisotopic (exact) mass is 476 g/mol. The van der Waals surface area contributed by atoms with Gasteiger partial charge in [0.15, 0.2) is 0 Å². The van der Waals surface area contributed by atoms with Gasteiger partial charge in [0.05, 0.1) is 30.9 Å². The van der Waals surface area contributed by atoms with E-state index in [0.717, 1.165) is 16.7 Å². The first-order valence-corrected chi connectivity index (χ1v) is 10.7. The van der Waals surface area contributed by atoms with E-state index in [0.29, 0.717) is 10.6 Å². The predicted octanol–water partition coefficient (Wildman–Crippen LogP) is 3.79. The van der Waals surface area contributed by atoms with Gasteiger partial charge in [-0.2, -0.15) is 13.2 Å². The fourth-order valence-corrected chi connectivity index (χ4v) is 4.16. The van der Waals surface area contributed by atoms with Crippen molar-refractivity contribution in [2.24, 2.45) is 0 Å². The SMILES string of the molecule is Cc1cc(C)c(NC(=O)CN(C)CC(=O)N2c3ccccc3NC(=O)C[C@@H]2C(F)(F)F)c(C)c1. The van der Waals surface area contributed by atoms with Gasteiger partial charge in [-0.1, -0.05) is 29.8 Å². The van der Waals surface area contributed by atoms with Crippen molar-refractivity contribution in [3.8, 4) is 0 Å². The first kappa shape index (κ1) is 25.2. The van der Waals surface area contributed by atoms with E-state index in [1.165, 1.54) is 30.1 Å². The minimum absolute atomic E-state index is 0.0376. The van der Waals surface area contributed by atoms with Crippen LogP contribution in [-0.2, 0) is 14.4 Å². The Morgan fingerprint density at radius 3 is 2.35 bits per heavy atom. The van der Waals surface area contributed by atoms with Crippen LogP contribution in [0.2, 0.25) is 0 Å². The molecule has 2 aromatic carbocycles. The third kappa shape index (κ3) is 5.74. The molecule has 0 aliphatic carbocycles. The second-order valence-electron chi connectivity index (χ2n) is 8.58. The molecule has 0 unspecified atom stereocenters. The number of nitrogens with one attached hydrogen (secondary N) is 2. The van der Waals surface area contributed by atoms with Crippen molar-refractivity contribution in [3.05, 3.63) is 53.1 Å². The predicted molar refractivity (Wildman–Crippen MR) is 124 cm³/mol. The molecule has 3 rings (SSSR count). The smallest absolute Gasteiger partial charge is 0.324 e. The van der Waals surface area contributed by atoms with Crippen molar-refractivity contribution in [2.45, 2.75) is 39.4 Å². The van der Waals surface area contributed by atoms with E-state index in [1.54, 1.807) is 6.07 Å². The summed E-state index contributed by atoms with van der Waals surface area (Å²) in [6.07, 6.45) is -5.74. The maximum Gasteiger partial charge on any atom is 0.409 e. The number of para-hydroxylation sites is 2. The first-order valence-electron chi connectivity index (χ1n) is 10.7. The van der Waals surface area contributed by atoms with Crippen LogP contribution in [0.15, 0.2) is 36.4 Å². The Morgan fingerprint density at radius 2 is 1.74 bits per heavy atom. The van der Waals surface area contributed by atoms with Crippen LogP contribution >= 0.6 is 0 Å². The van der Waals surface area contributed by atoms with E-state index in [2.05, 4.69) is 10.6 Å². The molecule has 2 aromatic rings. The number of anilines is 3. The van der Waals surface area contributed by atoms with E-state index in [1.807, 2.05) is 32.9 Å². The molecule has 1 heterocycles. The van der Waals surface area contributed by atoms with Gasteiger partial charge in [-0.25, -0.2) is 0 Å². The lowest BCUT2D eigenvalue weighted by Crippen LogP contribution is -2.52. The normalized spacial score (nSPS) is 16.1. The van der Waals surface area contributed by atoms with Gasteiger partial charge in [0, 0.05) is 5.69 Å². The van der Waals surface area contributed by atoms with Crippen LogP contribution in [0.1, 0.15) is 23.1 Å². The lowest BCUT2D eigenvalue weighted by atomic mass is 10.1. The van der Waals surface area contributed by atoms with Crippen molar-refractivity contribution >= 4 is 34.8 Å². The van der Waals surface area contributed by atoms with Crippen molar-refractivity contribution in [2.75, 3.05) is 35.7 Å². The fraction of sp³-hybridized carbons (Fsp3) is 0.375. The Labute approximate surface area is 195 Å². The molecule has 0 fully saturated rings. The molecule has 182 valence electrons. The molecule has 7 nitrogen and oxygen atoms in total. The Hall–Kier alpha value is -3.40. The molecule has 1 atom stereocenters. The number of alkyl halides is 3. The third-order valence-corrected chi connectivity index (χ3v) is 5.53. The van der Waals surface area contributed by atoms with Gasteiger partial charge in [-0.15, -0.1) is 0 Å². The van der Waals surface area contributed by atoms with Crippen LogP contribution in [0.5, 0.6) is 0 Å². The number of aryl methyl sites for hydroxylation is 3. The number of amides is 3. The van der Waals surface area contributed by atoms with Crippen molar-refractivity contribution < 1.29 is 27.6 Å². The Morgan fingerprint density at radius 1 is 1.12 bits per heavy atom. The number of hydrogen-bond donors (Lipinski definition) is 2. The number of benzene rings is 2. The number of halogens is 3. The molecular formula is C24H27F3N4O3. The average molecular weight is 476 g/mol. The van der Waals surface area contributed by atoms with Crippen LogP contribution in [0.4, 0.5) is 30.2 Å². The molecule has 3 amide bonds. The zero-order chi connectivity index (χ0) is 25.2. The number of hydrogen-bond acceptors (Lipinski definition) is 4. The van der Waals surface area contributed by atoms with Crippen LogP contribution in [0.25, 0.3) is 0 Å². The molecule has 2 N–H and O–H groups in total. The summed E-state index contributed by atoms with van der Waals surface area (Å²) in [5.41, 5.74) is 3.58. The van der Waals surface area contributed by atoms with E-state index in [-0.39, 0.29) is 17.9 Å². The highest BCUT2D eigenvalue weighted by atomic mass is 19.4. The first-order chi connectivity index (χ1) is 15.9. The van der Waals surface area contributed by atoms with Crippen LogP contribution < -0.4 is 15.5 Å². The number of fused-ring (bicyclic) bond motifs is 1. The van der Waals surface area contributed by atoms with Gasteiger partial charge < -0.3 is 10.6 Å². The summed E-state index contributed by atoms with van der Waals surface area (Å²) in [5, 5.41) is 5.24. The summed E-state index contributed by atoms with van der Waals surface area (Å²) in [7, 11) is 1.47. The minimum Gasteiger partial charge on any atom is -0.324 e. The van der Waals surface area contributed by atoms with E-state index >= 15 is 0 Å². The molecule has 0 aromatic heterocycles. The maximum atomic E-state index is 13.8. The lowest BCUT2D eigenvalue weighted by molar-refractivity contribution is -0.158. The van der Waals surface area contributed by atoms with Gasteiger partial charge in [0.1, 0.15) is 6.04 Å². The zero-order valence-electron chi connectivity index (χ0n) is 19.4. The third-order valence-electron chi connectivity index (χ3n) is 5.53. The van der Waals surface area contributed by atoms with Crippen molar-refractivity contribution in [1.29, 1.82) is 0 Å². The number of rotatable bonds is 5. The van der Waals surface area contributed by atoms with Crippen molar-refractivity contribution in [3.63, 3.8) is 0 Å². The molecule has 1 aliphatic rings. The minimum atomic E-state index is -4.82. The molecule has 34 heavy (non-hydrogen) atoms. The molecule has 0 spiro atoms. The quantitative estimate of drug-likeness (QED) is 0.688. The summed E-state index contributed by atoms with van der Waals surface area (Å²) in [4.78, 5) is 39.7. The standard InChI is InChI=1S/C24H27F3N4O3/c1-14-9-15(2)23(16(3)10-14)29-21(33)12-30(4)13-22(34)31-18-8-6-5-7-17(18)28-20(32)11-19(31)24(25,26)27/h5-10,19H,11-13H2,1-4H3,(H,28,32)(H,29,33)/t19-/m1/s1. The molecule has 10 heteroatoms. The summed E-state index contributed by atoms with van der Waals surface area (Å²) < 4.78 is 41.5. The van der Waals surface area contributed by atoms with Crippen LogP contribution in [0.3, 0.4) is 0 Å². The Bertz CT molecular complexity index is 1090. The van der Waals surface area contributed by atoms with E-state index in [9.17, 15) is 27.6 Å².